The molecule has 1 aromatic carbocycles. The minimum Gasteiger partial charge on any atom is -0.294 e. The lowest BCUT2D eigenvalue weighted by Crippen LogP contribution is -2.21. The van der Waals surface area contributed by atoms with Crippen molar-refractivity contribution in [3.05, 3.63) is 35.4 Å². The maximum absolute atomic E-state index is 12.3. The highest BCUT2D eigenvalue weighted by Crippen LogP contribution is 2.30. The van der Waals surface area contributed by atoms with Gasteiger partial charge in [0.25, 0.3) is 0 Å². The Morgan fingerprint density at radius 3 is 2.53 bits per heavy atom. The summed E-state index contributed by atoms with van der Waals surface area (Å²) >= 11 is 0. The van der Waals surface area contributed by atoms with Gasteiger partial charge in [0.2, 0.25) is 0 Å². The Bertz CT molecular complexity index is 377. The number of carbonyl (C=O) groups is 1. The van der Waals surface area contributed by atoms with E-state index in [4.69, 9.17) is 0 Å². The van der Waals surface area contributed by atoms with E-state index in [1.807, 2.05) is 12.1 Å². The number of benzene rings is 1. The van der Waals surface area contributed by atoms with Crippen molar-refractivity contribution in [3.8, 4) is 0 Å². The summed E-state index contributed by atoms with van der Waals surface area (Å²) in [4.78, 5) is 12.3. The number of aryl methyl sites for hydroxylation is 1. The van der Waals surface area contributed by atoms with Crippen molar-refractivity contribution in [2.24, 2.45) is 11.8 Å². The molecular formula is C16H22O. The van der Waals surface area contributed by atoms with Crippen molar-refractivity contribution in [2.45, 2.75) is 46.0 Å². The van der Waals surface area contributed by atoms with Crippen LogP contribution in [0.4, 0.5) is 0 Å². The van der Waals surface area contributed by atoms with Gasteiger partial charge in [-0.1, -0.05) is 51.0 Å². The Hall–Kier alpha value is -1.11. The molecule has 1 aliphatic rings. The quantitative estimate of drug-likeness (QED) is 0.709. The van der Waals surface area contributed by atoms with Crippen molar-refractivity contribution in [1.82, 2.24) is 0 Å². The first kappa shape index (κ1) is 12.3. The van der Waals surface area contributed by atoms with Gasteiger partial charge in [-0.15, -0.1) is 0 Å². The van der Waals surface area contributed by atoms with Crippen LogP contribution >= 0.6 is 0 Å². The molecule has 0 aromatic heterocycles. The largest absolute Gasteiger partial charge is 0.294 e. The van der Waals surface area contributed by atoms with Gasteiger partial charge in [-0.25, -0.2) is 0 Å². The van der Waals surface area contributed by atoms with E-state index in [0.29, 0.717) is 11.7 Å². The number of carbonyl (C=O) groups excluding carboxylic acids is 1. The van der Waals surface area contributed by atoms with E-state index < -0.39 is 0 Å². The summed E-state index contributed by atoms with van der Waals surface area (Å²) in [6, 6.07) is 8.17. The molecule has 0 radical (unpaired) electrons. The molecule has 2 rings (SSSR count). The zero-order chi connectivity index (χ0) is 12.3. The van der Waals surface area contributed by atoms with Crippen molar-refractivity contribution in [1.29, 1.82) is 0 Å². The first-order chi connectivity index (χ1) is 8.20. The minimum absolute atomic E-state index is 0.270. The van der Waals surface area contributed by atoms with Gasteiger partial charge in [0, 0.05) is 11.5 Å². The van der Waals surface area contributed by atoms with Gasteiger partial charge in [0.1, 0.15) is 0 Å². The molecule has 0 aliphatic heterocycles. The molecule has 2 unspecified atom stereocenters. The van der Waals surface area contributed by atoms with Gasteiger partial charge in [-0.05, 0) is 30.7 Å². The Morgan fingerprint density at radius 2 is 1.94 bits per heavy atom. The summed E-state index contributed by atoms with van der Waals surface area (Å²) in [5.74, 6) is 1.35. The molecule has 92 valence electrons. The SMILES string of the molecule is CCc1ccc(C(=O)C2CCCC(C)C2)cc1. The maximum atomic E-state index is 12.3. The molecule has 0 N–H and O–H groups in total. The van der Waals surface area contributed by atoms with Gasteiger partial charge in [0.05, 0.1) is 0 Å². The molecule has 1 aliphatic carbocycles. The normalized spacial score (nSPS) is 24.6. The van der Waals surface area contributed by atoms with Gasteiger partial charge >= 0.3 is 0 Å². The zero-order valence-corrected chi connectivity index (χ0v) is 10.9. The third-order valence-corrected chi connectivity index (χ3v) is 3.95. The lowest BCUT2D eigenvalue weighted by atomic mass is 9.79. The molecular weight excluding hydrogens is 208 g/mol. The second-order valence-corrected chi connectivity index (χ2v) is 5.38. The average molecular weight is 230 g/mol. The van der Waals surface area contributed by atoms with E-state index in [1.54, 1.807) is 0 Å². The molecule has 1 nitrogen and oxygen atoms in total. The summed E-state index contributed by atoms with van der Waals surface area (Å²) in [6.07, 6.45) is 5.70. The third kappa shape index (κ3) is 2.96. The van der Waals surface area contributed by atoms with Gasteiger partial charge in [-0.3, -0.25) is 4.79 Å². The molecule has 1 aromatic rings. The monoisotopic (exact) mass is 230 g/mol. The van der Waals surface area contributed by atoms with Crippen molar-refractivity contribution >= 4 is 5.78 Å². The lowest BCUT2D eigenvalue weighted by molar-refractivity contribution is 0.0868. The Labute approximate surface area is 104 Å². The second-order valence-electron chi connectivity index (χ2n) is 5.38. The average Bonchev–Trinajstić information content (AvgIpc) is 2.38. The highest BCUT2D eigenvalue weighted by atomic mass is 16.1. The van der Waals surface area contributed by atoms with Crippen LogP contribution in [-0.2, 0) is 6.42 Å². The predicted octanol–water partition coefficient (Wildman–Crippen LogP) is 4.26. The second kappa shape index (κ2) is 5.48. The first-order valence-corrected chi connectivity index (χ1v) is 6.84. The minimum atomic E-state index is 0.270. The molecule has 0 bridgehead atoms. The summed E-state index contributed by atoms with van der Waals surface area (Å²) in [5.41, 5.74) is 2.21. The summed E-state index contributed by atoms with van der Waals surface area (Å²) in [6.45, 7) is 4.40. The van der Waals surface area contributed by atoms with Crippen LogP contribution in [0.5, 0.6) is 0 Å². The van der Waals surface area contributed by atoms with Crippen LogP contribution in [-0.4, -0.2) is 5.78 Å². The van der Waals surface area contributed by atoms with E-state index in [-0.39, 0.29) is 5.92 Å². The fraction of sp³-hybridized carbons (Fsp3) is 0.562. The number of hydrogen-bond donors (Lipinski definition) is 0. The number of rotatable bonds is 3. The molecule has 2 atom stereocenters. The van der Waals surface area contributed by atoms with Crippen LogP contribution in [0.25, 0.3) is 0 Å². The van der Waals surface area contributed by atoms with Crippen molar-refractivity contribution in [2.75, 3.05) is 0 Å². The number of hydrogen-bond acceptors (Lipinski definition) is 1. The smallest absolute Gasteiger partial charge is 0.165 e. The standard InChI is InChI=1S/C16H22O/c1-3-13-7-9-14(10-8-13)16(17)15-6-4-5-12(2)11-15/h7-10,12,15H,3-6,11H2,1-2H3. The number of ketones is 1. The molecule has 0 heterocycles. The lowest BCUT2D eigenvalue weighted by Gasteiger charge is -2.25. The Balaban J connectivity index is 2.07. The summed E-state index contributed by atoms with van der Waals surface area (Å²) < 4.78 is 0. The van der Waals surface area contributed by atoms with Gasteiger partial charge < -0.3 is 0 Å². The maximum Gasteiger partial charge on any atom is 0.165 e. The van der Waals surface area contributed by atoms with E-state index in [0.717, 1.165) is 24.8 Å². The number of Topliss-reactive ketones (excluding diaryl/α,β-unsaturated/α-hetero) is 1. The molecule has 0 saturated heterocycles. The zero-order valence-electron chi connectivity index (χ0n) is 10.9. The Kier molecular flexibility index (Phi) is 3.98. The fourth-order valence-corrected chi connectivity index (χ4v) is 2.81. The fourth-order valence-electron chi connectivity index (χ4n) is 2.81. The molecule has 0 amide bonds. The van der Waals surface area contributed by atoms with E-state index in [1.165, 1.54) is 18.4 Å². The van der Waals surface area contributed by atoms with Crippen LogP contribution in [0.3, 0.4) is 0 Å². The van der Waals surface area contributed by atoms with Crippen molar-refractivity contribution < 1.29 is 4.79 Å². The molecule has 1 heteroatoms. The van der Waals surface area contributed by atoms with E-state index in [2.05, 4.69) is 26.0 Å². The van der Waals surface area contributed by atoms with E-state index >= 15 is 0 Å². The molecule has 0 spiro atoms. The van der Waals surface area contributed by atoms with Gasteiger partial charge in [0.15, 0.2) is 5.78 Å². The third-order valence-electron chi connectivity index (χ3n) is 3.95. The van der Waals surface area contributed by atoms with Crippen LogP contribution in [0, 0.1) is 11.8 Å². The van der Waals surface area contributed by atoms with Crippen LogP contribution in [0.1, 0.15) is 55.5 Å². The van der Waals surface area contributed by atoms with Crippen LogP contribution in [0.15, 0.2) is 24.3 Å². The van der Waals surface area contributed by atoms with E-state index in [9.17, 15) is 4.79 Å². The van der Waals surface area contributed by atoms with Crippen LogP contribution < -0.4 is 0 Å². The molecule has 1 saturated carbocycles. The van der Waals surface area contributed by atoms with Crippen molar-refractivity contribution in [3.63, 3.8) is 0 Å². The highest BCUT2D eigenvalue weighted by molar-refractivity contribution is 5.97. The van der Waals surface area contributed by atoms with Crippen LogP contribution in [0.2, 0.25) is 0 Å². The first-order valence-electron chi connectivity index (χ1n) is 6.84. The topological polar surface area (TPSA) is 17.1 Å². The van der Waals surface area contributed by atoms with Gasteiger partial charge in [-0.2, -0.15) is 0 Å². The Morgan fingerprint density at radius 1 is 1.24 bits per heavy atom. The summed E-state index contributed by atoms with van der Waals surface area (Å²) in [7, 11) is 0. The molecule has 17 heavy (non-hydrogen) atoms. The summed E-state index contributed by atoms with van der Waals surface area (Å²) in [5, 5.41) is 0. The predicted molar refractivity (Wildman–Crippen MR) is 71.3 cm³/mol. The molecule has 1 fully saturated rings. The highest BCUT2D eigenvalue weighted by Gasteiger charge is 2.25.